The smallest absolute Gasteiger partial charge is 0.416 e. The molecule has 1 aliphatic rings. The van der Waals surface area contributed by atoms with Crippen molar-refractivity contribution in [1.82, 2.24) is 9.97 Å². The number of fused-ring (bicyclic) bond motifs is 1. The first-order chi connectivity index (χ1) is 23.3. The van der Waals surface area contributed by atoms with Crippen LogP contribution in [-0.2, 0) is 34.4 Å². The highest BCUT2D eigenvalue weighted by molar-refractivity contribution is 5.91. The number of nitrogens with zero attached hydrogens (tertiary/aromatic N) is 3. The fourth-order valence-electron chi connectivity index (χ4n) is 5.54. The van der Waals surface area contributed by atoms with Crippen LogP contribution in [0.1, 0.15) is 71.9 Å². The maximum Gasteiger partial charge on any atom is 0.416 e. The highest BCUT2D eigenvalue weighted by Gasteiger charge is 2.47. The van der Waals surface area contributed by atoms with Crippen molar-refractivity contribution < 1.29 is 63.6 Å². The van der Waals surface area contributed by atoms with Crippen molar-refractivity contribution >= 4 is 11.8 Å². The van der Waals surface area contributed by atoms with Gasteiger partial charge < -0.3 is 25.1 Å². The molecule has 18 heteroatoms. The quantitative estimate of drug-likeness (QED) is 0.159. The van der Waals surface area contributed by atoms with Gasteiger partial charge >= 0.3 is 24.6 Å². The molecule has 0 radical (unpaired) electrons. The molecule has 2 atom stereocenters. The van der Waals surface area contributed by atoms with Crippen molar-refractivity contribution in [2.24, 2.45) is 5.73 Å². The number of anilines is 1. The molecule has 9 nitrogen and oxygen atoms in total. The first-order valence-corrected chi connectivity index (χ1v) is 15.2. The van der Waals surface area contributed by atoms with Crippen molar-refractivity contribution in [3.05, 3.63) is 81.9 Å². The van der Waals surface area contributed by atoms with Crippen LogP contribution in [0.4, 0.5) is 50.0 Å². The molecule has 0 aliphatic carbocycles. The second kappa shape index (κ2) is 15.0. The zero-order valence-corrected chi connectivity index (χ0v) is 26.7. The topological polar surface area (TPSA) is 120 Å². The Morgan fingerprint density at radius 1 is 0.940 bits per heavy atom. The molecule has 4 rings (SSSR count). The van der Waals surface area contributed by atoms with Crippen LogP contribution < -0.4 is 15.4 Å². The Morgan fingerprint density at radius 2 is 1.58 bits per heavy atom. The summed E-state index contributed by atoms with van der Waals surface area (Å²) in [6, 6.07) is 3.65. The van der Waals surface area contributed by atoms with E-state index in [2.05, 4.69) is 9.97 Å². The van der Waals surface area contributed by atoms with Gasteiger partial charge in [0.25, 0.3) is 0 Å². The van der Waals surface area contributed by atoms with E-state index in [-0.39, 0.29) is 80.5 Å². The predicted octanol–water partition coefficient (Wildman–Crippen LogP) is 7.08. The van der Waals surface area contributed by atoms with Gasteiger partial charge in [0.1, 0.15) is 18.1 Å². The molecule has 2 aromatic carbocycles. The molecule has 1 amide bonds. The van der Waals surface area contributed by atoms with E-state index in [0.717, 1.165) is 29.3 Å². The Kier molecular flexibility index (Phi) is 11.6. The summed E-state index contributed by atoms with van der Waals surface area (Å²) in [7, 11) is 0. The molecular weight excluding hydrogens is 691 g/mol. The lowest BCUT2D eigenvalue weighted by Gasteiger charge is -2.46. The number of alkyl halides is 9. The maximum absolute atomic E-state index is 13.9. The highest BCUT2D eigenvalue weighted by atomic mass is 19.4. The first-order valence-electron chi connectivity index (χ1n) is 15.2. The van der Waals surface area contributed by atoms with Crippen LogP contribution in [0.25, 0.3) is 0 Å². The van der Waals surface area contributed by atoms with E-state index in [0.29, 0.717) is 12.1 Å². The summed E-state index contributed by atoms with van der Waals surface area (Å²) >= 11 is 0. The number of aliphatic hydroxyl groups is 1. The number of aliphatic hydroxyl groups excluding tert-OH is 1. The lowest BCUT2D eigenvalue weighted by Crippen LogP contribution is -2.61. The zero-order valence-electron chi connectivity index (χ0n) is 26.7. The van der Waals surface area contributed by atoms with Crippen molar-refractivity contribution in [3.8, 4) is 5.75 Å². The maximum atomic E-state index is 13.9. The number of benzene rings is 2. The predicted molar refractivity (Wildman–Crippen MR) is 159 cm³/mol. The summed E-state index contributed by atoms with van der Waals surface area (Å²) in [5.41, 5.74) is 0.207. The molecule has 3 N–H and O–H groups in total. The van der Waals surface area contributed by atoms with E-state index in [1.807, 2.05) is 0 Å². The van der Waals surface area contributed by atoms with Crippen LogP contribution in [-0.4, -0.2) is 59.9 Å². The minimum atomic E-state index is -5.13. The van der Waals surface area contributed by atoms with Crippen molar-refractivity contribution in [1.29, 1.82) is 0 Å². The Labute approximate surface area is 280 Å². The number of hydrogen-bond acceptors (Lipinski definition) is 8. The number of carbonyl (C=O) groups excluding carboxylic acids is 1. The monoisotopic (exact) mass is 724 g/mol. The van der Waals surface area contributed by atoms with E-state index < -0.39 is 64.9 Å². The van der Waals surface area contributed by atoms with E-state index >= 15 is 0 Å². The van der Waals surface area contributed by atoms with Crippen LogP contribution in [0.15, 0.2) is 42.6 Å². The van der Waals surface area contributed by atoms with Gasteiger partial charge in [0.15, 0.2) is 5.75 Å². The number of rotatable bonds is 11. The third kappa shape index (κ3) is 8.76. The average molecular weight is 725 g/mol. The number of nitrogens with two attached hydrogens (primary N) is 1. The molecule has 0 saturated heterocycles. The number of amides is 1. The lowest BCUT2D eigenvalue weighted by atomic mass is 9.80. The summed E-state index contributed by atoms with van der Waals surface area (Å²) < 4.78 is 140. The summed E-state index contributed by atoms with van der Waals surface area (Å²) in [6.07, 6.45) is -15.7. The third-order valence-electron chi connectivity index (χ3n) is 7.94. The number of ether oxygens (including phenoxy) is 3. The van der Waals surface area contributed by atoms with Crippen LogP contribution in [0.2, 0.25) is 0 Å². The van der Waals surface area contributed by atoms with E-state index in [1.54, 1.807) is 6.92 Å². The Balaban J connectivity index is 1.89. The zero-order chi connectivity index (χ0) is 37.1. The highest BCUT2D eigenvalue weighted by Crippen LogP contribution is 2.47. The molecule has 274 valence electrons. The number of halogens is 9. The average Bonchev–Trinajstić information content (AvgIpc) is 3.03. The molecular formula is C32H33F9N4O5. The molecule has 1 aliphatic heterocycles. The Hall–Kier alpha value is -4.16. The summed E-state index contributed by atoms with van der Waals surface area (Å²) in [5, 5.41) is 8.92. The van der Waals surface area contributed by atoms with Crippen LogP contribution in [0, 0.1) is 0 Å². The molecule has 1 aromatic heterocycles. The standard InChI is InChI=1S/C32H33F9N4O5/c1-3-29(42)16-23(22-15-19(30(33,34)35)5-6-25(22)45(29)28(47)49-4-2)27-43-17-26(50-10-9-48-8-7-46)24(44-27)13-18-11-20(31(36,37)38)14-21(12-18)32(39,40)41/h5-6,11-12,14-15,17,23,46H,3-4,7-10,13,16,42H2,1-2H3/t23-,29+/m0/s1. The molecule has 0 fully saturated rings. The summed E-state index contributed by atoms with van der Waals surface area (Å²) in [6.45, 7) is 2.48. The number of hydrogen-bond donors (Lipinski definition) is 2. The summed E-state index contributed by atoms with van der Waals surface area (Å²) in [5.74, 6) is -1.48. The largest absolute Gasteiger partial charge is 0.488 e. The fourth-order valence-corrected chi connectivity index (χ4v) is 5.54. The molecule has 0 spiro atoms. The van der Waals surface area contributed by atoms with Crippen molar-refractivity contribution in [2.75, 3.05) is 37.9 Å². The number of carbonyl (C=O) groups is 1. The second-order valence-corrected chi connectivity index (χ2v) is 11.3. The fraction of sp³-hybridized carbons (Fsp3) is 0.469. The van der Waals surface area contributed by atoms with E-state index in [4.69, 9.17) is 25.1 Å². The Morgan fingerprint density at radius 3 is 2.14 bits per heavy atom. The van der Waals surface area contributed by atoms with Gasteiger partial charge in [-0.3, -0.25) is 4.90 Å². The van der Waals surface area contributed by atoms with Gasteiger partial charge in [-0.15, -0.1) is 0 Å². The van der Waals surface area contributed by atoms with Gasteiger partial charge in [-0.2, -0.15) is 39.5 Å². The lowest BCUT2D eigenvalue weighted by molar-refractivity contribution is -0.143. The third-order valence-corrected chi connectivity index (χ3v) is 7.94. The van der Waals surface area contributed by atoms with Gasteiger partial charge in [-0.05, 0) is 67.3 Å². The van der Waals surface area contributed by atoms with Crippen molar-refractivity contribution in [3.63, 3.8) is 0 Å². The van der Waals surface area contributed by atoms with Gasteiger partial charge in [0, 0.05) is 12.3 Å². The van der Waals surface area contributed by atoms with E-state index in [1.165, 1.54) is 6.92 Å². The normalized spacial score (nSPS) is 18.2. The van der Waals surface area contributed by atoms with Crippen LogP contribution in [0.3, 0.4) is 0 Å². The molecule has 2 heterocycles. The molecule has 0 unspecified atom stereocenters. The Bertz CT molecular complexity index is 1630. The first kappa shape index (κ1) is 38.6. The molecule has 0 bridgehead atoms. The van der Waals surface area contributed by atoms with Gasteiger partial charge in [0.2, 0.25) is 0 Å². The minimum absolute atomic E-state index is 0.0249. The van der Waals surface area contributed by atoms with Gasteiger partial charge in [-0.1, -0.05) is 6.92 Å². The van der Waals surface area contributed by atoms with Gasteiger partial charge in [0.05, 0.1) is 60.7 Å². The SMILES string of the molecule is CCOC(=O)N1c2ccc(C(F)(F)F)cc2[C@@H](c2ncc(OCCOCCO)c(Cc3cc(C(F)(F)F)cc(C(F)(F)F)c3)n2)C[C@@]1(N)CC. The molecule has 50 heavy (non-hydrogen) atoms. The van der Waals surface area contributed by atoms with Crippen molar-refractivity contribution in [2.45, 2.75) is 63.2 Å². The molecule has 0 saturated carbocycles. The van der Waals surface area contributed by atoms with Crippen LogP contribution in [0.5, 0.6) is 5.75 Å². The number of aromatic nitrogens is 2. The van der Waals surface area contributed by atoms with Crippen LogP contribution >= 0.6 is 0 Å². The van der Waals surface area contributed by atoms with E-state index in [9.17, 15) is 44.3 Å². The minimum Gasteiger partial charge on any atom is -0.488 e. The second-order valence-electron chi connectivity index (χ2n) is 11.3. The molecule has 3 aromatic rings. The van der Waals surface area contributed by atoms with Gasteiger partial charge in [-0.25, -0.2) is 14.8 Å². The summed E-state index contributed by atoms with van der Waals surface area (Å²) in [4.78, 5) is 22.9.